The number of rotatable bonds is 10. The van der Waals surface area contributed by atoms with Crippen molar-refractivity contribution in [3.63, 3.8) is 0 Å². The molecule has 0 radical (unpaired) electrons. The quantitative estimate of drug-likeness (QED) is 0.278. The number of carboxylic acid groups (broad SMARTS) is 1. The molecule has 0 unspecified atom stereocenters. The van der Waals surface area contributed by atoms with E-state index in [0.29, 0.717) is 0 Å². The first-order valence-corrected chi connectivity index (χ1v) is 7.18. The van der Waals surface area contributed by atoms with E-state index in [0.717, 1.165) is 6.92 Å². The van der Waals surface area contributed by atoms with E-state index in [1.54, 1.807) is 0 Å². The molecule has 0 saturated carbocycles. The topological polar surface area (TPSA) is 116 Å². The summed E-state index contributed by atoms with van der Waals surface area (Å²) >= 11 is 0. The van der Waals surface area contributed by atoms with Crippen LogP contribution in [0.15, 0.2) is 24.3 Å². The zero-order chi connectivity index (χ0) is 18.9. The third kappa shape index (κ3) is 8.72. The van der Waals surface area contributed by atoms with Crippen molar-refractivity contribution in [2.45, 2.75) is 52.4 Å². The highest BCUT2D eigenvalue weighted by Crippen LogP contribution is 2.20. The highest BCUT2D eigenvalue weighted by molar-refractivity contribution is 5.89. The Balaban J connectivity index is 4.85. The van der Waals surface area contributed by atoms with Gasteiger partial charge in [-0.1, -0.05) is 13.2 Å². The van der Waals surface area contributed by atoms with Crippen LogP contribution in [0.4, 0.5) is 0 Å². The fraction of sp³-hybridized carbons (Fsp3) is 0.500. The molecule has 8 nitrogen and oxygen atoms in total. The van der Waals surface area contributed by atoms with Gasteiger partial charge >= 0.3 is 29.9 Å². The van der Waals surface area contributed by atoms with Crippen molar-refractivity contribution in [1.82, 2.24) is 0 Å². The monoisotopic (exact) mass is 342 g/mol. The summed E-state index contributed by atoms with van der Waals surface area (Å²) in [6.45, 7) is 10.6. The maximum Gasteiger partial charge on any atom is 0.420 e. The standard InChI is InChI=1S/C16H22O8/c1-10(2)14(20)23-16(5,24-15(21)11(3)4)22-13(19)9-7-6-8-12(17)18/h1,3,6-9H2,2,4-5H3,(H,17,18). The molecule has 0 fully saturated rings. The molecule has 0 aliphatic rings. The number of hydrogen-bond acceptors (Lipinski definition) is 7. The predicted octanol–water partition coefficient (Wildman–Crippen LogP) is 2.09. The van der Waals surface area contributed by atoms with E-state index >= 15 is 0 Å². The molecule has 8 heteroatoms. The Morgan fingerprint density at radius 1 is 0.875 bits per heavy atom. The fourth-order valence-corrected chi connectivity index (χ4v) is 1.38. The van der Waals surface area contributed by atoms with E-state index in [4.69, 9.17) is 19.3 Å². The van der Waals surface area contributed by atoms with Gasteiger partial charge in [-0.25, -0.2) is 9.59 Å². The van der Waals surface area contributed by atoms with Gasteiger partial charge in [0.15, 0.2) is 0 Å². The van der Waals surface area contributed by atoms with Crippen LogP contribution in [0.3, 0.4) is 0 Å². The van der Waals surface area contributed by atoms with Gasteiger partial charge in [0.2, 0.25) is 0 Å². The SMILES string of the molecule is C=C(C)C(=O)OC(C)(OC(=O)CCCCC(=O)O)OC(=O)C(=C)C. The maximum absolute atomic E-state index is 11.8. The maximum atomic E-state index is 11.8. The third-order valence-electron chi connectivity index (χ3n) is 2.57. The van der Waals surface area contributed by atoms with Gasteiger partial charge in [0, 0.05) is 24.0 Å². The molecule has 0 heterocycles. The molecular weight excluding hydrogens is 320 g/mol. The van der Waals surface area contributed by atoms with Crippen molar-refractivity contribution in [3.05, 3.63) is 24.3 Å². The number of hydrogen-bond donors (Lipinski definition) is 1. The fourth-order valence-electron chi connectivity index (χ4n) is 1.38. The average molecular weight is 342 g/mol. The van der Waals surface area contributed by atoms with Crippen molar-refractivity contribution in [1.29, 1.82) is 0 Å². The summed E-state index contributed by atoms with van der Waals surface area (Å²) in [7, 11) is 0. The van der Waals surface area contributed by atoms with Gasteiger partial charge < -0.3 is 19.3 Å². The Morgan fingerprint density at radius 2 is 1.29 bits per heavy atom. The predicted molar refractivity (Wildman–Crippen MR) is 82.4 cm³/mol. The molecule has 134 valence electrons. The van der Waals surface area contributed by atoms with Crippen molar-refractivity contribution < 1.29 is 38.5 Å². The first-order valence-electron chi connectivity index (χ1n) is 7.18. The van der Waals surface area contributed by atoms with Crippen LogP contribution in [0.25, 0.3) is 0 Å². The molecule has 0 atom stereocenters. The number of carboxylic acids is 1. The van der Waals surface area contributed by atoms with Crippen LogP contribution in [0.2, 0.25) is 0 Å². The molecule has 0 spiro atoms. The second-order valence-corrected chi connectivity index (χ2v) is 5.28. The minimum Gasteiger partial charge on any atom is -0.481 e. The number of ether oxygens (including phenoxy) is 3. The van der Waals surface area contributed by atoms with Gasteiger partial charge in [0.05, 0.1) is 6.92 Å². The summed E-state index contributed by atoms with van der Waals surface area (Å²) in [6, 6.07) is 0. The van der Waals surface area contributed by atoms with Crippen LogP contribution in [-0.4, -0.2) is 35.0 Å². The molecular formula is C16H22O8. The summed E-state index contributed by atoms with van der Waals surface area (Å²) in [5, 5.41) is 8.52. The molecule has 0 aromatic carbocycles. The van der Waals surface area contributed by atoms with Gasteiger partial charge in [0.25, 0.3) is 0 Å². The normalized spacial score (nSPS) is 10.5. The average Bonchev–Trinajstić information content (AvgIpc) is 2.42. The van der Waals surface area contributed by atoms with Gasteiger partial charge in [-0.3, -0.25) is 9.59 Å². The van der Waals surface area contributed by atoms with E-state index in [-0.39, 0.29) is 36.8 Å². The van der Waals surface area contributed by atoms with E-state index in [9.17, 15) is 19.2 Å². The van der Waals surface area contributed by atoms with Crippen molar-refractivity contribution in [2.24, 2.45) is 0 Å². The lowest BCUT2D eigenvalue weighted by Gasteiger charge is -2.28. The Bertz CT molecular complexity index is 518. The molecule has 0 bridgehead atoms. The molecule has 24 heavy (non-hydrogen) atoms. The second-order valence-electron chi connectivity index (χ2n) is 5.28. The van der Waals surface area contributed by atoms with E-state index in [1.165, 1.54) is 13.8 Å². The van der Waals surface area contributed by atoms with Gasteiger partial charge in [-0.05, 0) is 26.7 Å². The van der Waals surface area contributed by atoms with Crippen LogP contribution < -0.4 is 0 Å². The molecule has 0 rings (SSSR count). The van der Waals surface area contributed by atoms with Gasteiger partial charge in [-0.15, -0.1) is 0 Å². The molecule has 1 N–H and O–H groups in total. The minimum absolute atomic E-state index is 0.0186. The number of aliphatic carboxylic acids is 1. The molecule has 0 saturated heterocycles. The number of esters is 3. The van der Waals surface area contributed by atoms with Crippen molar-refractivity contribution in [2.75, 3.05) is 0 Å². The zero-order valence-corrected chi connectivity index (χ0v) is 14.0. The number of carbonyl (C=O) groups excluding carboxylic acids is 3. The van der Waals surface area contributed by atoms with Crippen LogP contribution >= 0.6 is 0 Å². The van der Waals surface area contributed by atoms with Gasteiger partial charge in [-0.2, -0.15) is 0 Å². The third-order valence-corrected chi connectivity index (χ3v) is 2.57. The van der Waals surface area contributed by atoms with E-state index in [1.807, 2.05) is 0 Å². The Hall–Kier alpha value is -2.64. The zero-order valence-electron chi connectivity index (χ0n) is 14.0. The summed E-state index contributed by atoms with van der Waals surface area (Å²) in [5.74, 6) is -5.88. The van der Waals surface area contributed by atoms with Crippen LogP contribution in [0.5, 0.6) is 0 Å². The van der Waals surface area contributed by atoms with Gasteiger partial charge in [0.1, 0.15) is 0 Å². The summed E-state index contributed by atoms with van der Waals surface area (Å²) in [4.78, 5) is 45.5. The van der Waals surface area contributed by atoms with Crippen molar-refractivity contribution >= 4 is 23.9 Å². The van der Waals surface area contributed by atoms with Crippen LogP contribution in [-0.2, 0) is 33.4 Å². The summed E-state index contributed by atoms with van der Waals surface area (Å²) in [6.07, 6.45) is 0.320. The molecule has 0 amide bonds. The first kappa shape index (κ1) is 21.4. The summed E-state index contributed by atoms with van der Waals surface area (Å²) in [5.41, 5.74) is 0.0372. The van der Waals surface area contributed by atoms with E-state index < -0.39 is 29.9 Å². The molecule has 0 aromatic heterocycles. The van der Waals surface area contributed by atoms with E-state index in [2.05, 4.69) is 13.2 Å². The second kappa shape index (κ2) is 9.49. The molecule has 0 aromatic rings. The number of carbonyl (C=O) groups is 4. The highest BCUT2D eigenvalue weighted by atomic mass is 16.9. The highest BCUT2D eigenvalue weighted by Gasteiger charge is 2.38. The Kier molecular flexibility index (Phi) is 8.44. The first-order chi connectivity index (χ1) is 11.0. The number of unbranched alkanes of at least 4 members (excludes halogenated alkanes) is 1. The molecule has 0 aliphatic carbocycles. The smallest absolute Gasteiger partial charge is 0.420 e. The Labute approximate surface area is 140 Å². The lowest BCUT2D eigenvalue weighted by molar-refractivity contribution is -0.317. The lowest BCUT2D eigenvalue weighted by atomic mass is 10.2. The largest absolute Gasteiger partial charge is 0.481 e. The summed E-state index contributed by atoms with van der Waals surface area (Å²) < 4.78 is 14.7. The Morgan fingerprint density at radius 3 is 1.67 bits per heavy atom. The van der Waals surface area contributed by atoms with Crippen molar-refractivity contribution in [3.8, 4) is 0 Å². The van der Waals surface area contributed by atoms with Crippen LogP contribution in [0.1, 0.15) is 46.5 Å². The molecule has 0 aliphatic heterocycles. The minimum atomic E-state index is -2.27. The lowest BCUT2D eigenvalue weighted by Crippen LogP contribution is -2.42. The van der Waals surface area contributed by atoms with Crippen LogP contribution in [0, 0.1) is 0 Å².